The topological polar surface area (TPSA) is 34.4 Å². The van der Waals surface area contributed by atoms with E-state index in [-0.39, 0.29) is 6.04 Å². The molecule has 0 radical (unpaired) electrons. The predicted molar refractivity (Wildman–Crippen MR) is 84.8 cm³/mol. The molecule has 1 heterocycles. The Morgan fingerprint density at radius 2 is 1.76 bits per heavy atom. The molecule has 0 saturated heterocycles. The van der Waals surface area contributed by atoms with Gasteiger partial charge in [0.15, 0.2) is 0 Å². The smallest absolute Gasteiger partial charge is 0.119 e. The van der Waals surface area contributed by atoms with Crippen LogP contribution in [0.15, 0.2) is 53.1 Å². The van der Waals surface area contributed by atoms with Crippen LogP contribution in [-0.4, -0.2) is 14.2 Å². The summed E-state index contributed by atoms with van der Waals surface area (Å²) in [5, 5.41) is 5.73. The third kappa shape index (κ3) is 2.65. The quantitative estimate of drug-likeness (QED) is 0.783. The third-order valence-electron chi connectivity index (χ3n) is 3.78. The van der Waals surface area contributed by atoms with Crippen molar-refractivity contribution in [2.45, 2.75) is 13.0 Å². The number of benzene rings is 2. The molecule has 1 aromatic heterocycles. The van der Waals surface area contributed by atoms with Crippen LogP contribution in [0.25, 0.3) is 10.8 Å². The number of methoxy groups -OCH3 is 1. The maximum absolute atomic E-state index is 5.43. The normalized spacial score (nSPS) is 12.5. The molecular formula is C18H19NO2. The van der Waals surface area contributed by atoms with Gasteiger partial charge in [-0.2, -0.15) is 0 Å². The minimum absolute atomic E-state index is 0.133. The summed E-state index contributed by atoms with van der Waals surface area (Å²) in [5.41, 5.74) is 2.36. The summed E-state index contributed by atoms with van der Waals surface area (Å²) in [5.74, 6) is 1.81. The number of fused-ring (bicyclic) bond motifs is 1. The van der Waals surface area contributed by atoms with Crippen molar-refractivity contribution in [3.8, 4) is 5.75 Å². The van der Waals surface area contributed by atoms with Crippen molar-refractivity contribution in [3.63, 3.8) is 0 Å². The van der Waals surface area contributed by atoms with E-state index in [1.807, 2.05) is 26.3 Å². The summed E-state index contributed by atoms with van der Waals surface area (Å²) in [6.07, 6.45) is 1.81. The maximum Gasteiger partial charge on any atom is 0.119 e. The van der Waals surface area contributed by atoms with Crippen molar-refractivity contribution in [1.29, 1.82) is 0 Å². The Balaban J connectivity index is 2.03. The Morgan fingerprint density at radius 3 is 2.43 bits per heavy atom. The number of aryl methyl sites for hydroxylation is 1. The fourth-order valence-corrected chi connectivity index (χ4v) is 2.69. The lowest BCUT2D eigenvalue weighted by molar-refractivity contribution is 0.415. The molecule has 0 aliphatic rings. The number of ether oxygens (including phenoxy) is 1. The number of hydrogen-bond acceptors (Lipinski definition) is 3. The van der Waals surface area contributed by atoms with E-state index in [1.165, 1.54) is 16.3 Å². The number of nitrogens with one attached hydrogen (secondary N) is 1. The van der Waals surface area contributed by atoms with Gasteiger partial charge in [-0.15, -0.1) is 0 Å². The van der Waals surface area contributed by atoms with E-state index in [2.05, 4.69) is 41.7 Å². The summed E-state index contributed by atoms with van der Waals surface area (Å²) in [7, 11) is 3.65. The van der Waals surface area contributed by atoms with E-state index < -0.39 is 0 Å². The van der Waals surface area contributed by atoms with Gasteiger partial charge in [0, 0.05) is 5.56 Å². The summed E-state index contributed by atoms with van der Waals surface area (Å²) < 4.78 is 10.7. The molecule has 21 heavy (non-hydrogen) atoms. The van der Waals surface area contributed by atoms with Crippen molar-refractivity contribution < 1.29 is 9.15 Å². The molecule has 0 bridgehead atoms. The van der Waals surface area contributed by atoms with Crippen LogP contribution >= 0.6 is 0 Å². The average Bonchev–Trinajstić information content (AvgIpc) is 2.93. The summed E-state index contributed by atoms with van der Waals surface area (Å²) in [4.78, 5) is 0. The molecule has 1 N–H and O–H groups in total. The molecule has 1 unspecified atom stereocenters. The van der Waals surface area contributed by atoms with Gasteiger partial charge in [-0.1, -0.05) is 18.2 Å². The van der Waals surface area contributed by atoms with Crippen LogP contribution in [0.5, 0.6) is 5.75 Å². The van der Waals surface area contributed by atoms with E-state index in [0.717, 1.165) is 17.1 Å². The fourth-order valence-electron chi connectivity index (χ4n) is 2.69. The Morgan fingerprint density at radius 1 is 1.00 bits per heavy atom. The molecule has 3 aromatic rings. The van der Waals surface area contributed by atoms with Gasteiger partial charge in [0.2, 0.25) is 0 Å². The summed E-state index contributed by atoms with van der Waals surface area (Å²) >= 11 is 0. The lowest BCUT2D eigenvalue weighted by Crippen LogP contribution is -2.16. The number of furan rings is 1. The van der Waals surface area contributed by atoms with Crippen molar-refractivity contribution >= 4 is 10.8 Å². The van der Waals surface area contributed by atoms with Gasteiger partial charge in [-0.05, 0) is 54.6 Å². The van der Waals surface area contributed by atoms with Crippen LogP contribution in [0.4, 0.5) is 0 Å². The Bertz CT molecular complexity index is 761. The molecule has 0 aliphatic carbocycles. The first-order valence-corrected chi connectivity index (χ1v) is 7.01. The first-order chi connectivity index (χ1) is 10.2. The lowest BCUT2D eigenvalue weighted by atomic mass is 9.98. The standard InChI is InChI=1S/C18H19NO2/c1-12-8-16(11-21-12)18(19-2)15-5-4-14-10-17(20-3)7-6-13(14)9-15/h4-11,18-19H,1-3H3. The Labute approximate surface area is 124 Å². The molecule has 108 valence electrons. The second-order valence-corrected chi connectivity index (χ2v) is 5.18. The van der Waals surface area contributed by atoms with Crippen LogP contribution in [-0.2, 0) is 0 Å². The zero-order chi connectivity index (χ0) is 14.8. The van der Waals surface area contributed by atoms with Crippen LogP contribution in [0.3, 0.4) is 0 Å². The van der Waals surface area contributed by atoms with Gasteiger partial charge in [-0.25, -0.2) is 0 Å². The second kappa shape index (κ2) is 5.62. The molecule has 1 atom stereocenters. The van der Waals surface area contributed by atoms with Gasteiger partial charge >= 0.3 is 0 Å². The highest BCUT2D eigenvalue weighted by molar-refractivity contribution is 5.84. The molecule has 3 heteroatoms. The molecule has 2 aromatic carbocycles. The molecule has 0 spiro atoms. The molecule has 0 fully saturated rings. The molecule has 0 aliphatic heterocycles. The first-order valence-electron chi connectivity index (χ1n) is 7.01. The van der Waals surface area contributed by atoms with E-state index in [4.69, 9.17) is 9.15 Å². The third-order valence-corrected chi connectivity index (χ3v) is 3.78. The molecule has 3 nitrogen and oxygen atoms in total. The maximum atomic E-state index is 5.43. The zero-order valence-corrected chi connectivity index (χ0v) is 12.5. The largest absolute Gasteiger partial charge is 0.497 e. The lowest BCUT2D eigenvalue weighted by Gasteiger charge is -2.16. The summed E-state index contributed by atoms with van der Waals surface area (Å²) in [6.45, 7) is 1.96. The highest BCUT2D eigenvalue weighted by Gasteiger charge is 2.14. The van der Waals surface area contributed by atoms with Gasteiger partial charge in [-0.3, -0.25) is 0 Å². The van der Waals surface area contributed by atoms with E-state index in [1.54, 1.807) is 7.11 Å². The van der Waals surface area contributed by atoms with E-state index >= 15 is 0 Å². The van der Waals surface area contributed by atoms with Gasteiger partial charge < -0.3 is 14.5 Å². The zero-order valence-electron chi connectivity index (χ0n) is 12.5. The minimum Gasteiger partial charge on any atom is -0.497 e. The molecule has 0 amide bonds. The summed E-state index contributed by atoms with van der Waals surface area (Å²) in [6, 6.07) is 14.8. The van der Waals surface area contributed by atoms with E-state index in [0.29, 0.717) is 0 Å². The highest BCUT2D eigenvalue weighted by atomic mass is 16.5. The van der Waals surface area contributed by atoms with Gasteiger partial charge in [0.1, 0.15) is 11.5 Å². The van der Waals surface area contributed by atoms with Crippen molar-refractivity contribution in [2.24, 2.45) is 0 Å². The van der Waals surface area contributed by atoms with Crippen LogP contribution in [0.2, 0.25) is 0 Å². The SMILES string of the molecule is CNC(c1coc(C)c1)c1ccc2cc(OC)ccc2c1. The first kappa shape index (κ1) is 13.7. The molecule has 3 rings (SSSR count). The van der Waals surface area contributed by atoms with Gasteiger partial charge in [0.25, 0.3) is 0 Å². The van der Waals surface area contributed by atoms with Crippen LogP contribution < -0.4 is 10.1 Å². The molecule has 0 saturated carbocycles. The fraction of sp³-hybridized carbons (Fsp3) is 0.222. The average molecular weight is 281 g/mol. The number of rotatable bonds is 4. The van der Waals surface area contributed by atoms with Crippen LogP contribution in [0.1, 0.15) is 22.9 Å². The van der Waals surface area contributed by atoms with Crippen LogP contribution in [0, 0.1) is 6.92 Å². The monoisotopic (exact) mass is 281 g/mol. The van der Waals surface area contributed by atoms with Crippen molar-refractivity contribution in [3.05, 3.63) is 65.6 Å². The Kier molecular flexibility index (Phi) is 3.67. The highest BCUT2D eigenvalue weighted by Crippen LogP contribution is 2.28. The second-order valence-electron chi connectivity index (χ2n) is 5.18. The minimum atomic E-state index is 0.133. The van der Waals surface area contributed by atoms with Gasteiger partial charge in [0.05, 0.1) is 19.4 Å². The van der Waals surface area contributed by atoms with Crippen molar-refractivity contribution in [2.75, 3.05) is 14.2 Å². The molecular weight excluding hydrogens is 262 g/mol. The Hall–Kier alpha value is -2.26. The van der Waals surface area contributed by atoms with Crippen molar-refractivity contribution in [1.82, 2.24) is 5.32 Å². The number of hydrogen-bond donors (Lipinski definition) is 1. The predicted octanol–water partition coefficient (Wildman–Crippen LogP) is 4.06. The van der Waals surface area contributed by atoms with E-state index in [9.17, 15) is 0 Å².